The number of carbonyl (C=O) groups is 2. The first-order valence-electron chi connectivity index (χ1n) is 8.84. The van der Waals surface area contributed by atoms with E-state index in [1.54, 1.807) is 0 Å². The van der Waals surface area contributed by atoms with E-state index in [0.717, 1.165) is 29.2 Å². The minimum Gasteiger partial charge on any atom is -0.444 e. The summed E-state index contributed by atoms with van der Waals surface area (Å²) in [7, 11) is 0. The topological polar surface area (TPSA) is 60.3 Å². The molecule has 5 heteroatoms. The fourth-order valence-electron chi connectivity index (χ4n) is 2.98. The molecular formula is C20H28N2O3. The number of alkyl carbamates (subject to hydrolysis) is 1. The van der Waals surface area contributed by atoms with E-state index in [1.165, 1.54) is 0 Å². The molecule has 1 heterocycles. The van der Waals surface area contributed by atoms with Crippen molar-refractivity contribution in [1.29, 1.82) is 0 Å². The molecule has 25 heavy (non-hydrogen) atoms. The fraction of sp³-hybridized carbons (Fsp3) is 0.500. The largest absolute Gasteiger partial charge is 0.444 e. The number of carbonyl (C=O) groups excluding carboxylic acids is 2. The number of benzene rings is 1. The zero-order valence-electron chi connectivity index (χ0n) is 15.5. The number of para-hydroxylation sites is 1. The van der Waals surface area contributed by atoms with Crippen molar-refractivity contribution in [3.05, 3.63) is 36.0 Å². The lowest BCUT2D eigenvalue weighted by Crippen LogP contribution is -2.33. The van der Waals surface area contributed by atoms with Gasteiger partial charge in [-0.1, -0.05) is 25.1 Å². The second-order valence-electron chi connectivity index (χ2n) is 7.22. The molecule has 0 aliphatic heterocycles. The van der Waals surface area contributed by atoms with E-state index >= 15 is 0 Å². The Balaban J connectivity index is 2.13. The molecule has 0 spiro atoms. The molecule has 5 nitrogen and oxygen atoms in total. The molecule has 0 saturated heterocycles. The van der Waals surface area contributed by atoms with Gasteiger partial charge in [0.25, 0.3) is 0 Å². The van der Waals surface area contributed by atoms with Gasteiger partial charge in [0.15, 0.2) is 0 Å². The van der Waals surface area contributed by atoms with Crippen LogP contribution in [0.15, 0.2) is 30.5 Å². The molecular weight excluding hydrogens is 316 g/mol. The smallest absolute Gasteiger partial charge is 0.407 e. The molecule has 1 aromatic carbocycles. The van der Waals surface area contributed by atoms with E-state index < -0.39 is 11.7 Å². The number of fused-ring (bicyclic) bond motifs is 1. The van der Waals surface area contributed by atoms with Crippen LogP contribution in [0, 0.1) is 0 Å². The van der Waals surface area contributed by atoms with Gasteiger partial charge in [0, 0.05) is 36.1 Å². The second-order valence-corrected chi connectivity index (χ2v) is 7.22. The molecule has 0 fully saturated rings. The van der Waals surface area contributed by atoms with Gasteiger partial charge in [-0.2, -0.15) is 0 Å². The van der Waals surface area contributed by atoms with E-state index in [9.17, 15) is 9.59 Å². The van der Waals surface area contributed by atoms with E-state index in [0.29, 0.717) is 19.4 Å². The van der Waals surface area contributed by atoms with Gasteiger partial charge >= 0.3 is 6.09 Å². The van der Waals surface area contributed by atoms with Gasteiger partial charge in [-0.05, 0) is 45.2 Å². The van der Waals surface area contributed by atoms with Crippen LogP contribution in [0.5, 0.6) is 0 Å². The summed E-state index contributed by atoms with van der Waals surface area (Å²) < 4.78 is 7.45. The number of rotatable bonds is 7. The van der Waals surface area contributed by atoms with Crippen molar-refractivity contribution >= 4 is 23.3 Å². The van der Waals surface area contributed by atoms with Gasteiger partial charge in [-0.15, -0.1) is 0 Å². The third-order valence-corrected chi connectivity index (χ3v) is 4.12. The van der Waals surface area contributed by atoms with Crippen LogP contribution in [0.4, 0.5) is 4.79 Å². The average Bonchev–Trinajstić information content (AvgIpc) is 2.90. The minimum atomic E-state index is -0.497. The van der Waals surface area contributed by atoms with Gasteiger partial charge in [0.2, 0.25) is 0 Å². The Morgan fingerprint density at radius 1 is 1.32 bits per heavy atom. The summed E-state index contributed by atoms with van der Waals surface area (Å²) in [5.74, 6) is 0. The van der Waals surface area contributed by atoms with Crippen molar-refractivity contribution in [2.24, 2.45) is 0 Å². The number of aldehydes is 1. The molecule has 2 rings (SSSR count). The van der Waals surface area contributed by atoms with Crippen molar-refractivity contribution in [3.63, 3.8) is 0 Å². The highest BCUT2D eigenvalue weighted by molar-refractivity contribution is 5.84. The minimum absolute atomic E-state index is 0.162. The van der Waals surface area contributed by atoms with E-state index in [-0.39, 0.29) is 6.04 Å². The Morgan fingerprint density at radius 3 is 2.68 bits per heavy atom. The Morgan fingerprint density at radius 2 is 2.04 bits per heavy atom. The zero-order valence-corrected chi connectivity index (χ0v) is 15.5. The van der Waals surface area contributed by atoms with Gasteiger partial charge in [-0.25, -0.2) is 4.79 Å². The quantitative estimate of drug-likeness (QED) is 0.764. The zero-order chi connectivity index (χ0) is 18.4. The second kappa shape index (κ2) is 8.19. The third kappa shape index (κ3) is 5.08. The summed E-state index contributed by atoms with van der Waals surface area (Å²) in [6, 6.07) is 8.35. The van der Waals surface area contributed by atoms with Crippen molar-refractivity contribution in [1.82, 2.24) is 9.88 Å². The highest BCUT2D eigenvalue weighted by atomic mass is 16.6. The van der Waals surface area contributed by atoms with Crippen LogP contribution in [0.3, 0.4) is 0 Å². The van der Waals surface area contributed by atoms with Gasteiger partial charge < -0.3 is 19.4 Å². The summed E-state index contributed by atoms with van der Waals surface area (Å²) >= 11 is 0. The lowest BCUT2D eigenvalue weighted by Gasteiger charge is -2.19. The van der Waals surface area contributed by atoms with Crippen molar-refractivity contribution in [2.45, 2.75) is 58.6 Å². The monoisotopic (exact) mass is 344 g/mol. The first-order valence-corrected chi connectivity index (χ1v) is 8.84. The molecule has 1 aromatic heterocycles. The highest BCUT2D eigenvalue weighted by Crippen LogP contribution is 2.27. The highest BCUT2D eigenvalue weighted by Gasteiger charge is 2.17. The van der Waals surface area contributed by atoms with Crippen LogP contribution < -0.4 is 5.32 Å². The van der Waals surface area contributed by atoms with E-state index in [1.807, 2.05) is 32.9 Å². The first-order chi connectivity index (χ1) is 11.9. The van der Waals surface area contributed by atoms with E-state index in [4.69, 9.17) is 4.74 Å². The Kier molecular flexibility index (Phi) is 6.23. The molecule has 0 aliphatic carbocycles. The number of nitrogens with zero attached hydrogens (tertiary/aromatic N) is 1. The van der Waals surface area contributed by atoms with Crippen LogP contribution in [0.2, 0.25) is 0 Å². The molecule has 0 radical (unpaired) electrons. The normalized spacial score (nSPS) is 12.8. The van der Waals surface area contributed by atoms with E-state index in [2.05, 4.69) is 35.1 Å². The summed E-state index contributed by atoms with van der Waals surface area (Å²) in [6.45, 7) is 8.13. The Bertz CT molecular complexity index is 728. The molecule has 2 aromatic rings. The van der Waals surface area contributed by atoms with Crippen LogP contribution >= 0.6 is 0 Å². The fourth-order valence-corrected chi connectivity index (χ4v) is 2.98. The van der Waals surface area contributed by atoms with Gasteiger partial charge in [0.1, 0.15) is 11.9 Å². The molecule has 0 bridgehead atoms. The molecule has 0 unspecified atom stereocenters. The summed E-state index contributed by atoms with van der Waals surface area (Å²) in [5.41, 5.74) is 1.79. The number of hydrogen-bond donors (Lipinski definition) is 1. The lowest BCUT2D eigenvalue weighted by molar-refractivity contribution is -0.108. The summed E-state index contributed by atoms with van der Waals surface area (Å²) in [6.07, 6.45) is 4.80. The molecule has 136 valence electrons. The molecule has 1 N–H and O–H groups in total. The maximum absolute atomic E-state index is 11.8. The number of amides is 1. The summed E-state index contributed by atoms with van der Waals surface area (Å²) in [4.78, 5) is 22.8. The van der Waals surface area contributed by atoms with Crippen LogP contribution in [0.25, 0.3) is 10.9 Å². The molecule has 0 aliphatic rings. The molecule has 1 amide bonds. The van der Waals surface area contributed by atoms with Crippen LogP contribution in [-0.4, -0.2) is 29.1 Å². The average molecular weight is 344 g/mol. The third-order valence-electron chi connectivity index (χ3n) is 4.12. The molecule has 0 saturated carbocycles. The Labute approximate surface area is 149 Å². The first kappa shape index (κ1) is 19.0. The number of ether oxygens (including phenoxy) is 1. The number of hydrogen-bond acceptors (Lipinski definition) is 3. The van der Waals surface area contributed by atoms with Gasteiger partial charge in [-0.3, -0.25) is 0 Å². The number of nitrogens with one attached hydrogen (secondary N) is 1. The predicted molar refractivity (Wildman–Crippen MR) is 99.9 cm³/mol. The van der Waals surface area contributed by atoms with Gasteiger partial charge in [0.05, 0.1) is 0 Å². The van der Waals surface area contributed by atoms with Crippen molar-refractivity contribution < 1.29 is 14.3 Å². The SMILES string of the molecule is CC[C@H](CC=O)n1cc(CCNC(=O)OC(C)(C)C)c2ccccc21. The Hall–Kier alpha value is -2.30. The predicted octanol–water partition coefficient (Wildman–Crippen LogP) is 4.25. The molecule has 1 atom stereocenters. The standard InChI is InChI=1S/C20H28N2O3/c1-5-16(11-13-23)22-14-15(17-8-6-7-9-18(17)22)10-12-21-19(24)25-20(2,3)4/h6-9,13-14,16H,5,10-12H2,1-4H3,(H,21,24)/t16-/m1/s1. The summed E-state index contributed by atoms with van der Waals surface area (Å²) in [5, 5.41) is 3.97. The van der Waals surface area contributed by atoms with Crippen LogP contribution in [-0.2, 0) is 16.0 Å². The van der Waals surface area contributed by atoms with Crippen molar-refractivity contribution in [3.8, 4) is 0 Å². The maximum atomic E-state index is 11.8. The van der Waals surface area contributed by atoms with Crippen molar-refractivity contribution in [2.75, 3.05) is 6.54 Å². The maximum Gasteiger partial charge on any atom is 0.407 e. The van der Waals surface area contributed by atoms with Crippen LogP contribution in [0.1, 0.15) is 52.1 Å². The number of aromatic nitrogens is 1. The lowest BCUT2D eigenvalue weighted by atomic mass is 10.1.